The Balaban J connectivity index is 6.20. The largest absolute Gasteiger partial charge is 0.544 e. The maximum Gasteiger partial charge on any atom is 0.471 e. The number of hydrogen-bond acceptors (Lipinski definition) is 4. The van der Waals surface area contributed by atoms with Gasteiger partial charge in [-0.3, -0.25) is 4.74 Å². The van der Waals surface area contributed by atoms with E-state index in [0.29, 0.717) is 0 Å². The fourth-order valence-electron chi connectivity index (χ4n) is 0.859. The number of hydrogen-bond donors (Lipinski definition) is 0. The van der Waals surface area contributed by atoms with Gasteiger partial charge in [-0.25, -0.2) is 0 Å². The Morgan fingerprint density at radius 2 is 1.16 bits per heavy atom. The van der Waals surface area contributed by atoms with E-state index < -0.39 is 48.2 Å². The number of carbonyl (C=O) groups is 1. The molecule has 0 aliphatic rings. The molecule has 0 N–H and O–H groups in total. The summed E-state index contributed by atoms with van der Waals surface area (Å²) >= 11 is 0. The highest BCUT2D eigenvalue weighted by Gasteiger charge is 2.81. The second-order valence-electron chi connectivity index (χ2n) is 3.73. The number of carboxylic acids is 1. The molecule has 0 aromatic heterocycles. The molecule has 0 aliphatic carbocycles. The van der Waals surface area contributed by atoms with Gasteiger partial charge in [-0.05, 0) is 0 Å². The molecule has 0 saturated heterocycles. The number of carbonyl (C=O) groups excluding carboxylic acids is 1. The van der Waals surface area contributed by atoms with Gasteiger partial charge in [0.15, 0.2) is 0 Å². The first-order valence-corrected chi connectivity index (χ1v) is 4.93. The highest BCUT2D eigenvalue weighted by molar-refractivity contribution is 5.74. The van der Waals surface area contributed by atoms with Gasteiger partial charge in [-0.15, -0.1) is 0 Å². The fourth-order valence-corrected chi connectivity index (χ4v) is 0.859. The molecule has 0 amide bonds. The first-order chi connectivity index (χ1) is 10.7. The highest BCUT2D eigenvalue weighted by atomic mass is 19.4. The summed E-state index contributed by atoms with van der Waals surface area (Å²) in [4.78, 5) is 9.71. The summed E-state index contributed by atoms with van der Waals surface area (Å²) in [5.74, 6) is -18.4. The predicted molar refractivity (Wildman–Crippen MR) is 42.3 cm³/mol. The fraction of sp³-hybridized carbons (Fsp3) is 0.625. The van der Waals surface area contributed by atoms with Crippen LogP contribution in [0.1, 0.15) is 0 Å². The molecule has 4 nitrogen and oxygen atoms in total. The molecule has 148 valence electrons. The molecule has 0 radical (unpaired) electrons. The van der Waals surface area contributed by atoms with Crippen molar-refractivity contribution in [2.24, 2.45) is 0 Å². The van der Waals surface area contributed by atoms with Crippen molar-refractivity contribution < 1.29 is 76.5 Å². The third-order valence-corrected chi connectivity index (χ3v) is 2.00. The quantitative estimate of drug-likeness (QED) is 0.481. The molecule has 0 bridgehead atoms. The minimum Gasteiger partial charge on any atom is -0.544 e. The molecule has 0 fully saturated rings. The number of ether oxygens (including phenoxy) is 2. The zero-order chi connectivity index (χ0) is 20.6. The summed E-state index contributed by atoms with van der Waals surface area (Å²) in [5.41, 5.74) is 0. The number of carboxylic acid groups (broad SMARTS) is 1. The Morgan fingerprint density at radius 1 is 0.760 bits per heavy atom. The normalized spacial score (nSPS) is 16.2. The van der Waals surface area contributed by atoms with Gasteiger partial charge >= 0.3 is 42.3 Å². The average Bonchev–Trinajstić information content (AvgIpc) is 2.35. The van der Waals surface area contributed by atoms with Crippen LogP contribution in [0, 0.1) is 0 Å². The predicted octanol–water partition coefficient (Wildman–Crippen LogP) is 2.85. The standard InChI is InChI=1S/C8HF13O4/c9-1(10)2(11)24-8(20,21)5(14,6(15,16)17)25-7(18,19)4(12,13)3(22)23/h(H,22,23)/p-1. The lowest BCUT2D eigenvalue weighted by molar-refractivity contribution is -0.517. The van der Waals surface area contributed by atoms with Crippen molar-refractivity contribution in [3.05, 3.63) is 12.1 Å². The Kier molecular flexibility index (Phi) is 5.92. The molecule has 1 unspecified atom stereocenters. The van der Waals surface area contributed by atoms with E-state index in [0.717, 1.165) is 0 Å². The average molecular weight is 407 g/mol. The Bertz CT molecular complexity index is 549. The van der Waals surface area contributed by atoms with Gasteiger partial charge < -0.3 is 14.6 Å². The second kappa shape index (κ2) is 6.41. The van der Waals surface area contributed by atoms with Gasteiger partial charge in [0.05, 0.1) is 0 Å². The molecule has 0 saturated carbocycles. The van der Waals surface area contributed by atoms with E-state index in [1.807, 2.05) is 4.74 Å². The highest BCUT2D eigenvalue weighted by Crippen LogP contribution is 2.52. The molecule has 0 spiro atoms. The van der Waals surface area contributed by atoms with Crippen molar-refractivity contribution >= 4 is 5.97 Å². The molecule has 0 aliphatic heterocycles. The van der Waals surface area contributed by atoms with Crippen LogP contribution >= 0.6 is 0 Å². The van der Waals surface area contributed by atoms with Crippen LogP contribution in [0.15, 0.2) is 12.1 Å². The second-order valence-corrected chi connectivity index (χ2v) is 3.73. The van der Waals surface area contributed by atoms with Crippen LogP contribution < -0.4 is 5.11 Å². The molecule has 0 aromatic carbocycles. The molecule has 25 heavy (non-hydrogen) atoms. The minimum absolute atomic E-state index is 1.56. The molecule has 0 heterocycles. The van der Waals surface area contributed by atoms with Gasteiger partial charge in [0, 0.05) is 0 Å². The Morgan fingerprint density at radius 3 is 1.44 bits per heavy atom. The number of alkyl halides is 10. The van der Waals surface area contributed by atoms with Gasteiger partial charge in [0.25, 0.3) is 0 Å². The summed E-state index contributed by atoms with van der Waals surface area (Å²) in [7, 11) is 0. The van der Waals surface area contributed by atoms with Crippen molar-refractivity contribution in [2.75, 3.05) is 0 Å². The zero-order valence-corrected chi connectivity index (χ0v) is 10.5. The summed E-state index contributed by atoms with van der Waals surface area (Å²) in [6.07, 6.45) is -25.7. The maximum atomic E-state index is 13.3. The monoisotopic (exact) mass is 407 g/mol. The lowest BCUT2D eigenvalue weighted by Gasteiger charge is -2.37. The first-order valence-electron chi connectivity index (χ1n) is 4.93. The van der Waals surface area contributed by atoms with Crippen molar-refractivity contribution in [3.8, 4) is 0 Å². The first kappa shape index (κ1) is 23.1. The van der Waals surface area contributed by atoms with Crippen LogP contribution in [0.25, 0.3) is 0 Å². The van der Waals surface area contributed by atoms with Crippen molar-refractivity contribution in [1.82, 2.24) is 0 Å². The number of halogens is 13. The van der Waals surface area contributed by atoms with E-state index >= 15 is 0 Å². The molecular formula is C8F13O4-. The van der Waals surface area contributed by atoms with E-state index in [1.165, 1.54) is 0 Å². The summed E-state index contributed by atoms with van der Waals surface area (Å²) in [5, 5.41) is 9.71. The van der Waals surface area contributed by atoms with Crippen LogP contribution in [0.4, 0.5) is 57.1 Å². The molecular weight excluding hydrogens is 407 g/mol. The molecule has 0 rings (SSSR count). The lowest BCUT2D eigenvalue weighted by atomic mass is 10.2. The van der Waals surface area contributed by atoms with E-state index in [1.54, 1.807) is 4.74 Å². The van der Waals surface area contributed by atoms with E-state index in [-0.39, 0.29) is 0 Å². The van der Waals surface area contributed by atoms with E-state index in [9.17, 15) is 67.0 Å². The molecule has 1 atom stereocenters. The van der Waals surface area contributed by atoms with Crippen LogP contribution in [-0.2, 0) is 14.3 Å². The lowest BCUT2D eigenvalue weighted by Crippen LogP contribution is -2.65. The van der Waals surface area contributed by atoms with Crippen LogP contribution in [-0.4, -0.2) is 36.1 Å². The summed E-state index contributed by atoms with van der Waals surface area (Å²) < 4.78 is 165. The van der Waals surface area contributed by atoms with Crippen LogP contribution in [0.3, 0.4) is 0 Å². The van der Waals surface area contributed by atoms with E-state index in [4.69, 9.17) is 0 Å². The summed E-state index contributed by atoms with van der Waals surface area (Å²) in [6.45, 7) is 0. The van der Waals surface area contributed by atoms with E-state index in [2.05, 4.69) is 0 Å². The Labute approximate surface area is 126 Å². The smallest absolute Gasteiger partial charge is 0.471 e. The van der Waals surface area contributed by atoms with Gasteiger partial charge in [-0.1, -0.05) is 0 Å². The van der Waals surface area contributed by atoms with Crippen LogP contribution in [0.2, 0.25) is 0 Å². The van der Waals surface area contributed by atoms with Crippen molar-refractivity contribution in [1.29, 1.82) is 0 Å². The van der Waals surface area contributed by atoms with Crippen LogP contribution in [0.5, 0.6) is 0 Å². The minimum atomic E-state index is -7.45. The number of rotatable bonds is 7. The third kappa shape index (κ3) is 4.18. The molecule has 17 heteroatoms. The topological polar surface area (TPSA) is 58.6 Å². The zero-order valence-electron chi connectivity index (χ0n) is 10.5. The van der Waals surface area contributed by atoms with Gasteiger partial charge in [-0.2, -0.15) is 57.1 Å². The van der Waals surface area contributed by atoms with Crippen molar-refractivity contribution in [3.63, 3.8) is 0 Å². The van der Waals surface area contributed by atoms with Gasteiger partial charge in [0.2, 0.25) is 0 Å². The molecule has 0 aromatic rings. The number of aliphatic carboxylic acids is 1. The van der Waals surface area contributed by atoms with Crippen molar-refractivity contribution in [2.45, 2.75) is 30.2 Å². The Hall–Kier alpha value is -1.94. The van der Waals surface area contributed by atoms with Gasteiger partial charge in [0.1, 0.15) is 5.97 Å². The third-order valence-electron chi connectivity index (χ3n) is 2.00. The SMILES string of the molecule is O=C([O-])C(F)(F)C(F)(F)OC(F)(C(F)(F)F)C(F)(F)OC(F)=C(F)F. The maximum absolute atomic E-state index is 13.3. The summed E-state index contributed by atoms with van der Waals surface area (Å²) in [6, 6.07) is -3.91.